The van der Waals surface area contributed by atoms with Crippen LogP contribution in [0, 0.1) is 25.0 Å². The number of benzene rings is 1. The van der Waals surface area contributed by atoms with Crippen LogP contribution in [0.25, 0.3) is 0 Å². The van der Waals surface area contributed by atoms with Crippen LogP contribution in [-0.2, 0) is 6.18 Å². The molecule has 0 N–H and O–H groups in total. The van der Waals surface area contributed by atoms with Crippen molar-refractivity contribution in [2.75, 3.05) is 26.2 Å². The predicted molar refractivity (Wildman–Crippen MR) is 152 cm³/mol. The summed E-state index contributed by atoms with van der Waals surface area (Å²) in [5.74, 6) is 0.454. The van der Waals surface area contributed by atoms with Crippen molar-refractivity contribution in [2.24, 2.45) is 5.92 Å². The number of ether oxygens (including phenoxy) is 1. The highest BCUT2D eigenvalue weighted by molar-refractivity contribution is 5.96. The number of rotatable bonds is 6. The van der Waals surface area contributed by atoms with Crippen molar-refractivity contribution in [1.29, 1.82) is 0 Å². The standard InChI is InChI=1S/C32H37F3N4O3/c1-22-11-19-39(41)23(2)28(22)30(40)37-20-14-31(3,15-21-37)38-17-12-25(13-18-38)29(42-27-6-4-5-16-36-27)24-7-9-26(10-8-24)32(33,34)35/h4-11,16,19,25,29H,12-15,17-18,20-21H2,1-3H3. The van der Waals surface area contributed by atoms with Gasteiger partial charge in [-0.3, -0.25) is 9.69 Å². The number of amides is 1. The minimum Gasteiger partial charge on any atom is -0.618 e. The van der Waals surface area contributed by atoms with Crippen LogP contribution in [0.5, 0.6) is 5.88 Å². The number of aromatic nitrogens is 2. The van der Waals surface area contributed by atoms with Gasteiger partial charge in [0.1, 0.15) is 11.7 Å². The molecule has 2 saturated heterocycles. The Hall–Kier alpha value is -3.66. The van der Waals surface area contributed by atoms with E-state index >= 15 is 0 Å². The molecule has 0 spiro atoms. The highest BCUT2D eigenvalue weighted by Crippen LogP contribution is 2.39. The number of hydrogen-bond acceptors (Lipinski definition) is 5. The fourth-order valence-electron chi connectivity index (χ4n) is 6.35. The maximum atomic E-state index is 13.3. The first kappa shape index (κ1) is 29.8. The summed E-state index contributed by atoms with van der Waals surface area (Å²) >= 11 is 0. The largest absolute Gasteiger partial charge is 0.618 e. The van der Waals surface area contributed by atoms with Gasteiger partial charge in [-0.05, 0) is 81.9 Å². The zero-order valence-electron chi connectivity index (χ0n) is 24.2. The summed E-state index contributed by atoms with van der Waals surface area (Å²) in [4.78, 5) is 22.0. The first-order valence-electron chi connectivity index (χ1n) is 14.4. The molecule has 10 heteroatoms. The van der Waals surface area contributed by atoms with Crippen molar-refractivity contribution in [3.63, 3.8) is 0 Å². The van der Waals surface area contributed by atoms with E-state index < -0.39 is 17.8 Å². The van der Waals surface area contributed by atoms with Crippen molar-refractivity contribution < 1.29 is 27.4 Å². The molecule has 0 aliphatic carbocycles. The van der Waals surface area contributed by atoms with Crippen molar-refractivity contribution in [1.82, 2.24) is 14.8 Å². The summed E-state index contributed by atoms with van der Waals surface area (Å²) in [6.07, 6.45) is 1.54. The van der Waals surface area contributed by atoms with E-state index in [1.807, 2.05) is 17.9 Å². The SMILES string of the molecule is Cc1cc[n+]([O-])c(C)c1C(=O)N1CCC(C)(N2CCC(C(Oc3ccccn3)c3ccc(C(F)(F)F)cc3)CC2)CC1. The molecule has 0 radical (unpaired) electrons. The number of piperidine rings is 2. The number of likely N-dealkylation sites (tertiary alicyclic amines) is 2. The van der Waals surface area contributed by atoms with Crippen LogP contribution in [0.1, 0.15) is 71.5 Å². The molecule has 0 bridgehead atoms. The molecule has 1 amide bonds. The molecule has 0 saturated carbocycles. The highest BCUT2D eigenvalue weighted by Gasteiger charge is 2.41. The van der Waals surface area contributed by atoms with Gasteiger partial charge in [-0.2, -0.15) is 17.9 Å². The number of halogens is 3. The van der Waals surface area contributed by atoms with Gasteiger partial charge in [0.15, 0.2) is 6.20 Å². The lowest BCUT2D eigenvalue weighted by atomic mass is 9.81. The smallest absolute Gasteiger partial charge is 0.416 e. The first-order chi connectivity index (χ1) is 20.0. The summed E-state index contributed by atoms with van der Waals surface area (Å²) < 4.78 is 46.7. The Labute approximate surface area is 244 Å². The zero-order chi connectivity index (χ0) is 30.1. The zero-order valence-corrected chi connectivity index (χ0v) is 24.2. The summed E-state index contributed by atoms with van der Waals surface area (Å²) in [6.45, 7) is 8.65. The molecule has 1 aromatic carbocycles. The summed E-state index contributed by atoms with van der Waals surface area (Å²) in [6, 6.07) is 12.3. The van der Waals surface area contributed by atoms with Crippen LogP contribution in [0.2, 0.25) is 0 Å². The van der Waals surface area contributed by atoms with Crippen LogP contribution < -0.4 is 9.47 Å². The molecular weight excluding hydrogens is 545 g/mol. The Morgan fingerprint density at radius 1 is 1.05 bits per heavy atom. The van der Waals surface area contributed by atoms with E-state index in [4.69, 9.17) is 4.74 Å². The van der Waals surface area contributed by atoms with Gasteiger partial charge in [-0.1, -0.05) is 18.2 Å². The topological polar surface area (TPSA) is 72.6 Å². The van der Waals surface area contributed by atoms with Crippen molar-refractivity contribution in [3.05, 3.63) is 94.1 Å². The molecule has 1 atom stereocenters. The van der Waals surface area contributed by atoms with E-state index in [1.165, 1.54) is 18.3 Å². The number of nitrogens with zero attached hydrogens (tertiary/aromatic N) is 4. The van der Waals surface area contributed by atoms with Gasteiger partial charge >= 0.3 is 6.18 Å². The molecule has 7 nitrogen and oxygen atoms in total. The van der Waals surface area contributed by atoms with Crippen molar-refractivity contribution in [2.45, 2.75) is 64.3 Å². The fourth-order valence-corrected chi connectivity index (χ4v) is 6.35. The van der Waals surface area contributed by atoms with E-state index in [9.17, 15) is 23.2 Å². The lowest BCUT2D eigenvalue weighted by Gasteiger charge is -2.49. The van der Waals surface area contributed by atoms with Gasteiger partial charge < -0.3 is 14.8 Å². The third-order valence-corrected chi connectivity index (χ3v) is 9.07. The molecule has 224 valence electrons. The number of hydrogen-bond donors (Lipinski definition) is 0. The van der Waals surface area contributed by atoms with Gasteiger partial charge in [0.2, 0.25) is 11.6 Å². The maximum Gasteiger partial charge on any atom is 0.416 e. The number of carbonyl (C=O) groups is 1. The average molecular weight is 583 g/mol. The second-order valence-corrected chi connectivity index (χ2v) is 11.7. The van der Waals surface area contributed by atoms with Gasteiger partial charge in [-0.15, -0.1) is 0 Å². The monoisotopic (exact) mass is 582 g/mol. The Kier molecular flexibility index (Phi) is 8.46. The van der Waals surface area contributed by atoms with Crippen molar-refractivity contribution >= 4 is 5.91 Å². The minimum atomic E-state index is -4.40. The lowest BCUT2D eigenvalue weighted by Crippen LogP contribution is -2.57. The quantitative estimate of drug-likeness (QED) is 0.268. The van der Waals surface area contributed by atoms with Gasteiger partial charge in [0, 0.05) is 49.8 Å². The molecule has 1 unspecified atom stereocenters. The number of pyridine rings is 2. The molecule has 42 heavy (non-hydrogen) atoms. The minimum absolute atomic E-state index is 0.0767. The fraction of sp³-hybridized carbons (Fsp3) is 0.469. The molecule has 2 aromatic heterocycles. The second kappa shape index (κ2) is 11.9. The molecule has 2 fully saturated rings. The Morgan fingerprint density at radius 2 is 1.71 bits per heavy atom. The lowest BCUT2D eigenvalue weighted by molar-refractivity contribution is -0.612. The number of carbonyl (C=O) groups excluding carboxylic acids is 1. The molecular formula is C32H37F3N4O3. The molecule has 2 aliphatic rings. The highest BCUT2D eigenvalue weighted by atomic mass is 19.4. The van der Waals surface area contributed by atoms with Crippen LogP contribution in [0.15, 0.2) is 60.9 Å². The number of alkyl halides is 3. The van der Waals surface area contributed by atoms with Crippen molar-refractivity contribution in [3.8, 4) is 5.88 Å². The molecule has 5 rings (SSSR count). The molecule has 4 heterocycles. The van der Waals surface area contributed by atoms with Gasteiger partial charge in [0.05, 0.1) is 5.56 Å². The molecule has 2 aliphatic heterocycles. The Balaban J connectivity index is 1.25. The third-order valence-electron chi connectivity index (χ3n) is 9.07. The van der Waals surface area contributed by atoms with E-state index in [0.29, 0.717) is 35.8 Å². The Bertz CT molecular complexity index is 1380. The maximum absolute atomic E-state index is 13.3. The average Bonchev–Trinajstić information content (AvgIpc) is 2.98. The normalized spacial score (nSPS) is 19.0. The van der Waals surface area contributed by atoms with E-state index in [1.54, 1.807) is 31.3 Å². The van der Waals surface area contributed by atoms with Crippen LogP contribution >= 0.6 is 0 Å². The number of aryl methyl sites for hydroxylation is 1. The van der Waals surface area contributed by atoms with Crippen LogP contribution in [0.4, 0.5) is 13.2 Å². The van der Waals surface area contributed by atoms with E-state index in [0.717, 1.165) is 61.2 Å². The second-order valence-electron chi connectivity index (χ2n) is 11.7. The van der Waals surface area contributed by atoms with Gasteiger partial charge in [0.25, 0.3) is 5.91 Å². The first-order valence-corrected chi connectivity index (χ1v) is 14.4. The van der Waals surface area contributed by atoms with Crippen LogP contribution in [-0.4, -0.2) is 52.4 Å². The van der Waals surface area contributed by atoms with E-state index in [-0.39, 0.29) is 17.4 Å². The summed E-state index contributed by atoms with van der Waals surface area (Å²) in [5, 5.41) is 12.1. The third kappa shape index (κ3) is 6.23. The molecule has 3 aromatic rings. The van der Waals surface area contributed by atoms with Gasteiger partial charge in [-0.25, -0.2) is 4.98 Å². The summed E-state index contributed by atoms with van der Waals surface area (Å²) in [5.41, 5.74) is 1.66. The predicted octanol–water partition coefficient (Wildman–Crippen LogP) is 5.88. The summed E-state index contributed by atoms with van der Waals surface area (Å²) in [7, 11) is 0. The Morgan fingerprint density at radius 3 is 2.31 bits per heavy atom. The van der Waals surface area contributed by atoms with Crippen LogP contribution in [0.3, 0.4) is 0 Å². The van der Waals surface area contributed by atoms with E-state index in [2.05, 4.69) is 16.8 Å².